The van der Waals surface area contributed by atoms with E-state index in [-0.39, 0.29) is 29.6 Å². The van der Waals surface area contributed by atoms with Crippen LogP contribution in [0.4, 0.5) is 0 Å². The molecule has 0 amide bonds. The van der Waals surface area contributed by atoms with Crippen LogP contribution in [0.5, 0.6) is 0 Å². The highest BCUT2D eigenvalue weighted by Gasteiger charge is 2.59. The van der Waals surface area contributed by atoms with Crippen LogP contribution in [0.3, 0.4) is 0 Å². The second kappa shape index (κ2) is 23.2. The molecule has 5 nitrogen and oxygen atoms in total. The molecule has 0 aliphatic heterocycles. The number of carbonyl (C=O) groups is 1. The predicted octanol–water partition coefficient (Wildman–Crippen LogP) is 8.77. The van der Waals surface area contributed by atoms with Gasteiger partial charge in [0.2, 0.25) is 0 Å². The van der Waals surface area contributed by atoms with Crippen LogP contribution in [0.25, 0.3) is 0 Å². The van der Waals surface area contributed by atoms with Gasteiger partial charge in [0.15, 0.2) is 0 Å². The first-order valence-corrected chi connectivity index (χ1v) is 26.3. The normalized spacial score (nSPS) is 27.3. The highest BCUT2D eigenvalue weighted by molar-refractivity contribution is 7.95. The number of fused-ring (bicyclic) bond motifs is 5. The van der Waals surface area contributed by atoms with E-state index in [1.165, 1.54) is 73.7 Å². The molecule has 7 rings (SSSR count). The van der Waals surface area contributed by atoms with Gasteiger partial charge in [-0.15, -0.1) is 0 Å². The molecule has 3 saturated carbocycles. The van der Waals surface area contributed by atoms with Crippen LogP contribution in [0.15, 0.2) is 103 Å². The average molecular weight is 930 g/mol. The number of hydrogen-bond acceptors (Lipinski definition) is 5. The molecule has 3 aromatic carbocycles. The Morgan fingerprint density at radius 2 is 1.29 bits per heavy atom. The molecule has 0 bridgehead atoms. The molecule has 0 unspecified atom stereocenters. The molecule has 0 heterocycles. The van der Waals surface area contributed by atoms with Gasteiger partial charge >= 0.3 is 5.97 Å². The Bertz CT molecular complexity index is 1720. The van der Waals surface area contributed by atoms with Crippen molar-refractivity contribution < 1.29 is 40.7 Å². The molecule has 4 aliphatic rings. The van der Waals surface area contributed by atoms with Crippen molar-refractivity contribution in [2.24, 2.45) is 46.3 Å². The zero-order valence-electron chi connectivity index (χ0n) is 38.8. The van der Waals surface area contributed by atoms with Crippen molar-refractivity contribution >= 4 is 29.1 Å². The zero-order valence-corrected chi connectivity index (χ0v) is 41.3. The Labute approximate surface area is 387 Å². The quantitative estimate of drug-likeness (QED) is 0.0437. The number of esters is 1. The number of allylic oxidation sites excluding steroid dienone is 1. The molecule has 0 spiro atoms. The van der Waals surface area contributed by atoms with E-state index in [9.17, 15) is 4.79 Å². The molecule has 0 N–H and O–H groups in total. The largest absolute Gasteiger partial charge is 1.00 e. The van der Waals surface area contributed by atoms with E-state index in [4.69, 9.17) is 18.9 Å². The molecule has 0 saturated heterocycles. The summed E-state index contributed by atoms with van der Waals surface area (Å²) in [5.74, 6) is 5.08. The number of benzene rings is 3. The van der Waals surface area contributed by atoms with Crippen molar-refractivity contribution in [2.75, 3.05) is 45.8 Å². The SMILES string of the molecule is CC(C)CCC[C@@H](C)[C@H]1CC[C@H]2[C@@H]3CC=C4C[C@@H](OCCOCCOCCOC(=O)CCC[P+](c5ccccc5)(c5ccccc5)c5ccccc5)CC[C@]4(C)[C@H]3CC[C@]12C.[Br-]. The summed E-state index contributed by atoms with van der Waals surface area (Å²) in [7, 11) is -1.96. The van der Waals surface area contributed by atoms with E-state index in [2.05, 4.69) is 132 Å². The number of hydrogen-bond donors (Lipinski definition) is 0. The maximum absolute atomic E-state index is 12.8. The Balaban J connectivity index is 0.00000641. The summed E-state index contributed by atoms with van der Waals surface area (Å²) in [6.45, 7) is 15.5. The molecule has 340 valence electrons. The summed E-state index contributed by atoms with van der Waals surface area (Å²) in [4.78, 5) is 12.8. The smallest absolute Gasteiger partial charge is 0.306 e. The highest BCUT2D eigenvalue weighted by atomic mass is 79.9. The lowest BCUT2D eigenvalue weighted by atomic mass is 9.47. The van der Waals surface area contributed by atoms with Crippen LogP contribution >= 0.6 is 7.26 Å². The predicted molar refractivity (Wildman–Crippen MR) is 255 cm³/mol. The third kappa shape index (κ3) is 11.4. The maximum atomic E-state index is 12.8. The third-order valence-corrected chi connectivity index (χ3v) is 20.7. The topological polar surface area (TPSA) is 54.0 Å². The minimum Gasteiger partial charge on any atom is -1.00 e. The van der Waals surface area contributed by atoms with Crippen LogP contribution in [0, 0.1) is 46.3 Å². The zero-order chi connectivity index (χ0) is 42.7. The van der Waals surface area contributed by atoms with Gasteiger partial charge in [0, 0.05) is 6.42 Å². The molecular formula is C55H78BrO5P. The van der Waals surface area contributed by atoms with Crippen molar-refractivity contribution in [1.82, 2.24) is 0 Å². The molecule has 0 aromatic heterocycles. The van der Waals surface area contributed by atoms with Gasteiger partial charge < -0.3 is 35.9 Å². The molecule has 3 fully saturated rings. The average Bonchev–Trinajstić information content (AvgIpc) is 3.64. The molecule has 8 atom stereocenters. The van der Waals surface area contributed by atoms with Crippen molar-refractivity contribution in [3.8, 4) is 0 Å². The maximum Gasteiger partial charge on any atom is 0.306 e. The molecule has 62 heavy (non-hydrogen) atoms. The van der Waals surface area contributed by atoms with Crippen molar-refractivity contribution in [3.05, 3.63) is 103 Å². The summed E-state index contributed by atoms with van der Waals surface area (Å²) in [6, 6.07) is 32.5. The number of rotatable bonds is 22. The van der Waals surface area contributed by atoms with Crippen molar-refractivity contribution in [3.63, 3.8) is 0 Å². The summed E-state index contributed by atoms with van der Waals surface area (Å²) >= 11 is 0. The minimum atomic E-state index is -1.96. The Morgan fingerprint density at radius 3 is 1.90 bits per heavy atom. The standard InChI is InChI=1S/C55H78O5P.BrH/c1-42(2)17-15-18-43(3)50-28-29-51-49-27-26-44-41-45(30-32-54(44,4)52(49)31-33-55(50,51)5)59-38-36-57-34-35-58-37-39-60-53(56)25-16-40-61(46-19-9-6-10-20-46,47-21-11-7-12-22-47)48-23-13-8-14-24-48;/h6-14,19-24,26,42-43,45,49-52H,15-18,25,27-41H2,1-5H3;1H/q+1;/p-1/t43-,45+,49+,50-,51+,52+,54+,55-;/m1./s1. The fourth-order valence-electron chi connectivity index (χ4n) is 13.0. The van der Waals surface area contributed by atoms with Gasteiger partial charge in [-0.25, -0.2) is 0 Å². The van der Waals surface area contributed by atoms with Crippen LogP contribution in [0.2, 0.25) is 0 Å². The van der Waals surface area contributed by atoms with Gasteiger partial charge in [0.1, 0.15) is 29.8 Å². The number of halogens is 1. The van der Waals surface area contributed by atoms with Crippen LogP contribution in [0.1, 0.15) is 118 Å². The number of carbonyl (C=O) groups excluding carboxylic acids is 1. The Kier molecular flexibility index (Phi) is 18.4. The van der Waals surface area contributed by atoms with Gasteiger partial charge in [-0.1, -0.05) is 120 Å². The number of ether oxygens (including phenoxy) is 4. The van der Waals surface area contributed by atoms with Gasteiger partial charge in [0.05, 0.1) is 45.3 Å². The van der Waals surface area contributed by atoms with E-state index in [1.54, 1.807) is 5.57 Å². The molecule has 0 radical (unpaired) electrons. The molecule has 7 heteroatoms. The fourth-order valence-corrected chi connectivity index (χ4v) is 17.4. The first-order chi connectivity index (χ1) is 29.6. The minimum absolute atomic E-state index is 0. The Hall–Kier alpha value is -2.34. The van der Waals surface area contributed by atoms with Gasteiger partial charge in [-0.2, -0.15) is 0 Å². The van der Waals surface area contributed by atoms with E-state index >= 15 is 0 Å². The first kappa shape index (κ1) is 49.1. The van der Waals surface area contributed by atoms with Gasteiger partial charge in [-0.3, -0.25) is 4.79 Å². The van der Waals surface area contributed by atoms with Gasteiger partial charge in [-0.05, 0) is 141 Å². The molecular weight excluding hydrogens is 851 g/mol. The lowest BCUT2D eigenvalue weighted by Gasteiger charge is -2.58. The summed E-state index contributed by atoms with van der Waals surface area (Å²) < 4.78 is 23.7. The van der Waals surface area contributed by atoms with Crippen molar-refractivity contribution in [1.29, 1.82) is 0 Å². The van der Waals surface area contributed by atoms with Gasteiger partial charge in [0.25, 0.3) is 0 Å². The van der Waals surface area contributed by atoms with E-state index in [0.29, 0.717) is 56.4 Å². The summed E-state index contributed by atoms with van der Waals surface area (Å²) in [5.41, 5.74) is 2.60. The fraction of sp³-hybridized carbons (Fsp3) is 0.618. The monoisotopic (exact) mass is 928 g/mol. The van der Waals surface area contributed by atoms with E-state index in [0.717, 1.165) is 60.9 Å². The lowest BCUT2D eigenvalue weighted by Crippen LogP contribution is -3.00. The third-order valence-electron chi connectivity index (χ3n) is 16.2. The van der Waals surface area contributed by atoms with Crippen LogP contribution in [-0.4, -0.2) is 57.9 Å². The molecule has 4 aliphatic carbocycles. The van der Waals surface area contributed by atoms with Crippen molar-refractivity contribution in [2.45, 2.75) is 124 Å². The first-order valence-electron chi connectivity index (χ1n) is 24.3. The summed E-state index contributed by atoms with van der Waals surface area (Å²) in [6.07, 6.45) is 19.8. The van der Waals surface area contributed by atoms with E-state index < -0.39 is 7.26 Å². The Morgan fingerprint density at radius 1 is 0.694 bits per heavy atom. The van der Waals surface area contributed by atoms with Crippen LogP contribution in [-0.2, 0) is 23.7 Å². The van der Waals surface area contributed by atoms with Crippen LogP contribution < -0.4 is 32.9 Å². The van der Waals surface area contributed by atoms with E-state index in [1.807, 2.05) is 0 Å². The second-order valence-electron chi connectivity index (χ2n) is 20.1. The highest BCUT2D eigenvalue weighted by Crippen LogP contribution is 2.67. The second-order valence-corrected chi connectivity index (χ2v) is 23.7. The molecule has 3 aromatic rings. The lowest BCUT2D eigenvalue weighted by molar-refractivity contribution is -0.145. The summed E-state index contributed by atoms with van der Waals surface area (Å²) in [5, 5.41) is 4.00.